The van der Waals surface area contributed by atoms with Crippen molar-refractivity contribution in [2.75, 3.05) is 20.3 Å². The number of rotatable bonds is 5. The van der Waals surface area contributed by atoms with Gasteiger partial charge in [-0.3, -0.25) is 0 Å². The van der Waals surface area contributed by atoms with Gasteiger partial charge in [0.05, 0.1) is 20.3 Å². The molecule has 32 heavy (non-hydrogen) atoms. The number of phenolic OH excluding ortho intramolecular Hbond substituents is 1. The second kappa shape index (κ2) is 8.82. The van der Waals surface area contributed by atoms with Crippen LogP contribution in [0.2, 0.25) is 0 Å². The number of alkyl halides is 2. The van der Waals surface area contributed by atoms with E-state index in [1.807, 2.05) is 18.2 Å². The zero-order valence-electron chi connectivity index (χ0n) is 17.5. The molecule has 0 aromatic heterocycles. The molecule has 0 saturated carbocycles. The molecule has 0 radical (unpaired) electrons. The predicted octanol–water partition coefficient (Wildman–Crippen LogP) is 2.11. The quantitative estimate of drug-likeness (QED) is 0.550. The van der Waals surface area contributed by atoms with Crippen molar-refractivity contribution in [2.45, 2.75) is 49.6 Å². The molecule has 1 saturated heterocycles. The molecule has 2 aromatic carbocycles. The number of aliphatic hydroxyl groups excluding tert-OH is 3. The van der Waals surface area contributed by atoms with Crippen molar-refractivity contribution in [3.63, 3.8) is 0 Å². The van der Waals surface area contributed by atoms with Gasteiger partial charge in [-0.2, -0.15) is 0 Å². The molecule has 1 fully saturated rings. The molecule has 7 nitrogen and oxygen atoms in total. The highest BCUT2D eigenvalue weighted by Gasteiger charge is 2.57. The fraction of sp³-hybridized carbons (Fsp3) is 0.478. The van der Waals surface area contributed by atoms with Gasteiger partial charge in [0.15, 0.2) is 0 Å². The summed E-state index contributed by atoms with van der Waals surface area (Å²) in [6.07, 6.45) is -5.75. The first kappa shape index (κ1) is 22.7. The van der Waals surface area contributed by atoms with Crippen LogP contribution in [0.3, 0.4) is 0 Å². The van der Waals surface area contributed by atoms with Crippen LogP contribution in [-0.4, -0.2) is 65.0 Å². The standard InChI is InChI=1S/C23H26F2O7/c1-30-18-10-16(27)15(21-20(28)22(29)23(24,25)19(11-26)32-21)9-14(18)8-12-4-5-17-13(7-12)3-2-6-31-17/h4-5,7,9-10,19-22,26-29H,2-3,6,8,11H2,1H3/t19-,20+,21+,22-/m1/s1. The number of hydrogen-bond acceptors (Lipinski definition) is 7. The van der Waals surface area contributed by atoms with Crippen LogP contribution < -0.4 is 9.47 Å². The van der Waals surface area contributed by atoms with Gasteiger partial charge in [0, 0.05) is 18.1 Å². The number of aromatic hydroxyl groups is 1. The molecule has 2 aliphatic rings. The van der Waals surface area contributed by atoms with E-state index in [4.69, 9.17) is 14.2 Å². The van der Waals surface area contributed by atoms with E-state index < -0.39 is 36.9 Å². The van der Waals surface area contributed by atoms with Gasteiger partial charge in [-0.25, -0.2) is 8.78 Å². The van der Waals surface area contributed by atoms with Crippen molar-refractivity contribution >= 4 is 0 Å². The SMILES string of the molecule is COc1cc(O)c([C@@H]2O[C@H](CO)C(F)(F)[C@H](O)[C@H]2O)cc1Cc1ccc2c(c1)CCCO2. The van der Waals surface area contributed by atoms with Gasteiger partial charge >= 0.3 is 5.92 Å². The fourth-order valence-electron chi connectivity index (χ4n) is 4.29. The maximum atomic E-state index is 14.1. The molecule has 2 heterocycles. The number of ether oxygens (including phenoxy) is 3. The summed E-state index contributed by atoms with van der Waals surface area (Å²) in [4.78, 5) is 0. The van der Waals surface area contributed by atoms with Crippen LogP contribution in [0.1, 0.15) is 34.8 Å². The third-order valence-corrected chi connectivity index (χ3v) is 6.04. The summed E-state index contributed by atoms with van der Waals surface area (Å²) in [6.45, 7) is -0.376. The monoisotopic (exact) mass is 452 g/mol. The lowest BCUT2D eigenvalue weighted by Crippen LogP contribution is -2.59. The van der Waals surface area contributed by atoms with Gasteiger partial charge < -0.3 is 34.6 Å². The Balaban J connectivity index is 1.68. The number of hydrogen-bond donors (Lipinski definition) is 4. The molecular weight excluding hydrogens is 426 g/mol. The zero-order valence-corrected chi connectivity index (χ0v) is 17.5. The van der Waals surface area contributed by atoms with E-state index in [1.165, 1.54) is 19.2 Å². The van der Waals surface area contributed by atoms with Gasteiger partial charge in [-0.15, -0.1) is 0 Å². The first-order valence-electron chi connectivity index (χ1n) is 10.4. The maximum Gasteiger partial charge on any atom is 0.303 e. The van der Waals surface area contributed by atoms with Crippen molar-refractivity contribution in [1.82, 2.24) is 0 Å². The van der Waals surface area contributed by atoms with Crippen LogP contribution in [0.5, 0.6) is 17.2 Å². The van der Waals surface area contributed by atoms with E-state index in [2.05, 4.69) is 0 Å². The molecule has 2 aromatic rings. The number of phenols is 1. The summed E-state index contributed by atoms with van der Waals surface area (Å²) in [5, 5.41) is 40.0. The van der Waals surface area contributed by atoms with E-state index in [0.717, 1.165) is 29.7 Å². The number of fused-ring (bicyclic) bond motifs is 1. The van der Waals surface area contributed by atoms with Crippen molar-refractivity contribution in [1.29, 1.82) is 0 Å². The number of benzene rings is 2. The Morgan fingerprint density at radius 1 is 1.19 bits per heavy atom. The summed E-state index contributed by atoms with van der Waals surface area (Å²) >= 11 is 0. The second-order valence-corrected chi connectivity index (χ2v) is 8.13. The molecule has 2 aliphatic heterocycles. The molecule has 0 unspecified atom stereocenters. The fourth-order valence-corrected chi connectivity index (χ4v) is 4.29. The molecule has 0 spiro atoms. The third-order valence-electron chi connectivity index (χ3n) is 6.04. The summed E-state index contributed by atoms with van der Waals surface area (Å²) in [7, 11) is 1.44. The Labute approximate surface area is 183 Å². The van der Waals surface area contributed by atoms with Crippen molar-refractivity contribution in [3.05, 3.63) is 52.6 Å². The predicted molar refractivity (Wildman–Crippen MR) is 109 cm³/mol. The molecule has 0 bridgehead atoms. The van der Waals surface area contributed by atoms with Gasteiger partial charge in [-0.05, 0) is 41.7 Å². The highest BCUT2D eigenvalue weighted by molar-refractivity contribution is 5.50. The van der Waals surface area contributed by atoms with Crippen LogP contribution in [0.4, 0.5) is 8.78 Å². The number of aryl methyl sites for hydroxylation is 1. The molecule has 4 rings (SSSR count). The Bertz CT molecular complexity index is 977. The second-order valence-electron chi connectivity index (χ2n) is 8.13. The number of aliphatic hydroxyl groups is 3. The van der Waals surface area contributed by atoms with E-state index >= 15 is 0 Å². The van der Waals surface area contributed by atoms with Gasteiger partial charge in [-0.1, -0.05) is 12.1 Å². The zero-order chi connectivity index (χ0) is 23.0. The third kappa shape index (κ3) is 4.01. The van der Waals surface area contributed by atoms with Crippen LogP contribution in [0, 0.1) is 0 Å². The molecule has 0 aliphatic carbocycles. The minimum Gasteiger partial charge on any atom is -0.507 e. The van der Waals surface area contributed by atoms with E-state index in [-0.39, 0.29) is 11.3 Å². The lowest BCUT2D eigenvalue weighted by molar-refractivity contribution is -0.296. The van der Waals surface area contributed by atoms with Crippen LogP contribution in [-0.2, 0) is 17.6 Å². The average Bonchev–Trinajstić information content (AvgIpc) is 2.79. The molecule has 9 heteroatoms. The smallest absolute Gasteiger partial charge is 0.303 e. The number of methoxy groups -OCH3 is 1. The highest BCUT2D eigenvalue weighted by Crippen LogP contribution is 2.44. The van der Waals surface area contributed by atoms with Gasteiger partial charge in [0.1, 0.15) is 41.7 Å². The minimum absolute atomic E-state index is 0.0163. The first-order valence-corrected chi connectivity index (χ1v) is 10.4. The lowest BCUT2D eigenvalue weighted by Gasteiger charge is -2.42. The summed E-state index contributed by atoms with van der Waals surface area (Å²) in [5.74, 6) is -2.97. The molecule has 174 valence electrons. The topological polar surface area (TPSA) is 109 Å². The molecule has 4 N–H and O–H groups in total. The lowest BCUT2D eigenvalue weighted by atomic mass is 9.88. The van der Waals surface area contributed by atoms with E-state index in [1.54, 1.807) is 0 Å². The maximum absolute atomic E-state index is 14.1. The van der Waals surface area contributed by atoms with Crippen molar-refractivity contribution in [3.8, 4) is 17.2 Å². The van der Waals surface area contributed by atoms with Crippen molar-refractivity contribution in [2.24, 2.45) is 0 Å². The Hall–Kier alpha value is -2.46. The molecular formula is C23H26F2O7. The Morgan fingerprint density at radius 2 is 1.97 bits per heavy atom. The Morgan fingerprint density at radius 3 is 2.69 bits per heavy atom. The van der Waals surface area contributed by atoms with Crippen molar-refractivity contribution < 1.29 is 43.4 Å². The largest absolute Gasteiger partial charge is 0.507 e. The summed E-state index contributed by atoms with van der Waals surface area (Å²) in [5.41, 5.74) is 2.69. The van der Waals surface area contributed by atoms with Crippen LogP contribution >= 0.6 is 0 Å². The highest BCUT2D eigenvalue weighted by atomic mass is 19.3. The number of halogens is 2. The first-order chi connectivity index (χ1) is 15.3. The van der Waals surface area contributed by atoms with E-state index in [0.29, 0.717) is 24.3 Å². The Kier molecular flexibility index (Phi) is 6.26. The van der Waals surface area contributed by atoms with Gasteiger partial charge in [0.2, 0.25) is 0 Å². The van der Waals surface area contributed by atoms with Crippen LogP contribution in [0.25, 0.3) is 0 Å². The normalized spacial score (nSPS) is 26.8. The molecule has 4 atom stereocenters. The summed E-state index contributed by atoms with van der Waals surface area (Å²) < 4.78 is 44.5. The van der Waals surface area contributed by atoms with Gasteiger partial charge in [0.25, 0.3) is 0 Å². The van der Waals surface area contributed by atoms with Crippen LogP contribution in [0.15, 0.2) is 30.3 Å². The minimum atomic E-state index is -3.85. The van der Waals surface area contributed by atoms with E-state index in [9.17, 15) is 29.2 Å². The summed E-state index contributed by atoms with van der Waals surface area (Å²) in [6, 6.07) is 8.65. The molecule has 0 amide bonds. The average molecular weight is 452 g/mol.